The van der Waals surface area contributed by atoms with Crippen LogP contribution in [0.3, 0.4) is 0 Å². The number of nitrogens with one attached hydrogen (secondary N) is 1. The summed E-state index contributed by atoms with van der Waals surface area (Å²) in [6, 6.07) is 16.7. The number of hydrogen-bond acceptors (Lipinski definition) is 3. The standard InChI is InChI=1S/C21H24ClN3O2/c1-21(2)15-24(12-13-25(21)18-10-8-17(22)9-11-18)19(26)14-23-20(27)16-6-4-3-5-7-16/h3-11H,12-15H2,1-2H3,(H,23,27). The molecule has 2 aromatic carbocycles. The molecule has 1 N–H and O–H groups in total. The second-order valence-electron chi connectivity index (χ2n) is 7.30. The average molecular weight is 386 g/mol. The normalized spacial score (nSPS) is 16.1. The summed E-state index contributed by atoms with van der Waals surface area (Å²) in [5.41, 5.74) is 1.43. The fourth-order valence-electron chi connectivity index (χ4n) is 3.43. The van der Waals surface area contributed by atoms with Crippen LogP contribution in [-0.4, -0.2) is 48.4 Å². The van der Waals surface area contributed by atoms with Crippen molar-refractivity contribution in [2.24, 2.45) is 0 Å². The van der Waals surface area contributed by atoms with E-state index in [1.807, 2.05) is 35.2 Å². The Morgan fingerprint density at radius 2 is 1.70 bits per heavy atom. The first-order valence-electron chi connectivity index (χ1n) is 9.01. The molecule has 1 saturated heterocycles. The van der Waals surface area contributed by atoms with Gasteiger partial charge in [0.25, 0.3) is 5.91 Å². The quantitative estimate of drug-likeness (QED) is 0.879. The van der Waals surface area contributed by atoms with Gasteiger partial charge in [0.1, 0.15) is 0 Å². The molecule has 0 radical (unpaired) electrons. The van der Waals surface area contributed by atoms with E-state index in [0.717, 1.165) is 12.2 Å². The Balaban J connectivity index is 1.58. The molecule has 0 aromatic heterocycles. The Kier molecular flexibility index (Phi) is 5.71. The van der Waals surface area contributed by atoms with Crippen molar-refractivity contribution >= 4 is 29.1 Å². The van der Waals surface area contributed by atoms with Crippen LogP contribution >= 0.6 is 11.6 Å². The summed E-state index contributed by atoms with van der Waals surface area (Å²) in [7, 11) is 0. The van der Waals surface area contributed by atoms with Gasteiger partial charge in [0.05, 0.1) is 12.1 Å². The molecule has 1 fully saturated rings. The lowest BCUT2D eigenvalue weighted by atomic mass is 9.97. The number of amides is 2. The second kappa shape index (κ2) is 8.01. The third-order valence-electron chi connectivity index (χ3n) is 4.83. The number of rotatable bonds is 4. The molecule has 5 nitrogen and oxygen atoms in total. The van der Waals surface area contributed by atoms with E-state index in [2.05, 4.69) is 24.1 Å². The zero-order chi connectivity index (χ0) is 19.4. The van der Waals surface area contributed by atoms with E-state index >= 15 is 0 Å². The number of carbonyl (C=O) groups is 2. The van der Waals surface area contributed by atoms with Crippen LogP contribution in [0.5, 0.6) is 0 Å². The number of benzene rings is 2. The number of halogens is 1. The van der Waals surface area contributed by atoms with Crippen molar-refractivity contribution in [2.75, 3.05) is 31.1 Å². The van der Waals surface area contributed by atoms with Gasteiger partial charge in [-0.3, -0.25) is 9.59 Å². The van der Waals surface area contributed by atoms with Crippen molar-refractivity contribution in [1.29, 1.82) is 0 Å². The molecular weight excluding hydrogens is 362 g/mol. The van der Waals surface area contributed by atoms with Crippen LogP contribution in [0, 0.1) is 0 Å². The van der Waals surface area contributed by atoms with E-state index in [0.29, 0.717) is 23.7 Å². The van der Waals surface area contributed by atoms with Gasteiger partial charge in [0.15, 0.2) is 0 Å². The molecule has 6 heteroatoms. The Labute approximate surface area is 164 Å². The van der Waals surface area contributed by atoms with Crippen LogP contribution in [0.2, 0.25) is 5.02 Å². The Hall–Kier alpha value is -2.53. The van der Waals surface area contributed by atoms with Gasteiger partial charge in [-0.25, -0.2) is 0 Å². The van der Waals surface area contributed by atoms with E-state index < -0.39 is 0 Å². The zero-order valence-electron chi connectivity index (χ0n) is 15.6. The Morgan fingerprint density at radius 1 is 1.04 bits per heavy atom. The monoisotopic (exact) mass is 385 g/mol. The molecule has 0 spiro atoms. The smallest absolute Gasteiger partial charge is 0.251 e. The molecule has 2 aromatic rings. The van der Waals surface area contributed by atoms with E-state index in [4.69, 9.17) is 11.6 Å². The SMILES string of the molecule is CC1(C)CN(C(=O)CNC(=O)c2ccccc2)CCN1c1ccc(Cl)cc1. The summed E-state index contributed by atoms with van der Waals surface area (Å²) in [6.45, 7) is 6.17. The molecule has 0 unspecified atom stereocenters. The highest BCUT2D eigenvalue weighted by atomic mass is 35.5. The van der Waals surface area contributed by atoms with Crippen molar-refractivity contribution < 1.29 is 9.59 Å². The van der Waals surface area contributed by atoms with Crippen molar-refractivity contribution in [3.05, 3.63) is 65.2 Å². The van der Waals surface area contributed by atoms with Gasteiger partial charge in [-0.05, 0) is 50.2 Å². The Bertz CT molecular complexity index is 806. The highest BCUT2D eigenvalue weighted by Crippen LogP contribution is 2.28. The van der Waals surface area contributed by atoms with E-state index in [1.165, 1.54) is 0 Å². The fraction of sp³-hybridized carbons (Fsp3) is 0.333. The first-order chi connectivity index (χ1) is 12.9. The maximum atomic E-state index is 12.6. The fourth-order valence-corrected chi connectivity index (χ4v) is 3.55. The van der Waals surface area contributed by atoms with E-state index in [-0.39, 0.29) is 23.9 Å². The predicted octanol–water partition coefficient (Wildman–Crippen LogP) is 3.20. The molecule has 0 saturated carbocycles. The van der Waals surface area contributed by atoms with Crippen molar-refractivity contribution in [2.45, 2.75) is 19.4 Å². The molecule has 0 bridgehead atoms. The third kappa shape index (κ3) is 4.61. The first-order valence-corrected chi connectivity index (χ1v) is 9.39. The van der Waals surface area contributed by atoms with E-state index in [9.17, 15) is 9.59 Å². The first kappa shape index (κ1) is 19.2. The zero-order valence-corrected chi connectivity index (χ0v) is 16.4. The average Bonchev–Trinajstić information content (AvgIpc) is 2.66. The van der Waals surface area contributed by atoms with Gasteiger partial charge in [-0.2, -0.15) is 0 Å². The second-order valence-corrected chi connectivity index (χ2v) is 7.74. The third-order valence-corrected chi connectivity index (χ3v) is 5.08. The lowest BCUT2D eigenvalue weighted by Gasteiger charge is -2.48. The van der Waals surface area contributed by atoms with Crippen LogP contribution in [0.4, 0.5) is 5.69 Å². The van der Waals surface area contributed by atoms with Crippen LogP contribution in [-0.2, 0) is 4.79 Å². The van der Waals surface area contributed by atoms with Crippen LogP contribution < -0.4 is 10.2 Å². The molecule has 0 atom stereocenters. The molecule has 142 valence electrons. The van der Waals surface area contributed by atoms with Crippen LogP contribution in [0.25, 0.3) is 0 Å². The minimum absolute atomic E-state index is 0.00471. The number of anilines is 1. The minimum atomic E-state index is -0.233. The summed E-state index contributed by atoms with van der Waals surface area (Å²) >= 11 is 5.99. The largest absolute Gasteiger partial charge is 0.363 e. The topological polar surface area (TPSA) is 52.7 Å². The summed E-state index contributed by atoms with van der Waals surface area (Å²) < 4.78 is 0. The number of piperazine rings is 1. The summed E-state index contributed by atoms with van der Waals surface area (Å²) in [4.78, 5) is 28.8. The highest BCUT2D eigenvalue weighted by molar-refractivity contribution is 6.30. The van der Waals surface area contributed by atoms with Gasteiger partial charge in [-0.1, -0.05) is 29.8 Å². The molecule has 27 heavy (non-hydrogen) atoms. The maximum absolute atomic E-state index is 12.6. The number of carbonyl (C=O) groups excluding carboxylic acids is 2. The number of hydrogen-bond donors (Lipinski definition) is 1. The summed E-state index contributed by atoms with van der Waals surface area (Å²) in [5.74, 6) is -0.300. The maximum Gasteiger partial charge on any atom is 0.251 e. The summed E-state index contributed by atoms with van der Waals surface area (Å²) in [5, 5.41) is 3.42. The Morgan fingerprint density at radius 3 is 2.33 bits per heavy atom. The molecule has 1 heterocycles. The van der Waals surface area contributed by atoms with Crippen molar-refractivity contribution in [1.82, 2.24) is 10.2 Å². The van der Waals surface area contributed by atoms with Gasteiger partial charge < -0.3 is 15.1 Å². The van der Waals surface area contributed by atoms with Crippen molar-refractivity contribution in [3.63, 3.8) is 0 Å². The van der Waals surface area contributed by atoms with Crippen LogP contribution in [0.1, 0.15) is 24.2 Å². The predicted molar refractivity (Wildman–Crippen MR) is 108 cm³/mol. The van der Waals surface area contributed by atoms with Gasteiger partial charge >= 0.3 is 0 Å². The molecule has 1 aliphatic rings. The van der Waals surface area contributed by atoms with Gasteiger partial charge in [0.2, 0.25) is 5.91 Å². The lowest BCUT2D eigenvalue weighted by molar-refractivity contribution is -0.131. The highest BCUT2D eigenvalue weighted by Gasteiger charge is 2.35. The molecular formula is C21H24ClN3O2. The van der Waals surface area contributed by atoms with Crippen molar-refractivity contribution in [3.8, 4) is 0 Å². The van der Waals surface area contributed by atoms with Gasteiger partial charge in [-0.15, -0.1) is 0 Å². The van der Waals surface area contributed by atoms with Gasteiger partial charge in [0, 0.05) is 35.9 Å². The molecule has 2 amide bonds. The number of nitrogens with zero attached hydrogens (tertiary/aromatic N) is 2. The lowest BCUT2D eigenvalue weighted by Crippen LogP contribution is -2.61. The molecule has 3 rings (SSSR count). The molecule has 1 aliphatic heterocycles. The minimum Gasteiger partial charge on any atom is -0.363 e. The summed E-state index contributed by atoms with van der Waals surface area (Å²) in [6.07, 6.45) is 0. The van der Waals surface area contributed by atoms with E-state index in [1.54, 1.807) is 24.3 Å². The van der Waals surface area contributed by atoms with Crippen LogP contribution in [0.15, 0.2) is 54.6 Å². The molecule has 0 aliphatic carbocycles.